The van der Waals surface area contributed by atoms with E-state index in [4.69, 9.17) is 4.99 Å². The van der Waals surface area contributed by atoms with E-state index in [9.17, 15) is 0 Å². The molecule has 3 heteroatoms. The van der Waals surface area contributed by atoms with Gasteiger partial charge < -0.3 is 9.80 Å². The van der Waals surface area contributed by atoms with Gasteiger partial charge in [-0.2, -0.15) is 0 Å². The summed E-state index contributed by atoms with van der Waals surface area (Å²) in [5.74, 6) is 0. The third kappa shape index (κ3) is 9.20. The van der Waals surface area contributed by atoms with Crippen molar-refractivity contribution in [3.8, 4) is 0 Å². The molecule has 0 atom stereocenters. The van der Waals surface area contributed by atoms with Crippen LogP contribution in [0.1, 0.15) is 46.5 Å². The summed E-state index contributed by atoms with van der Waals surface area (Å²) in [4.78, 5) is 9.24. The molecule has 0 amide bonds. The summed E-state index contributed by atoms with van der Waals surface area (Å²) in [6.07, 6.45) is 29.4. The van der Waals surface area contributed by atoms with E-state index in [0.717, 1.165) is 77.3 Å². The van der Waals surface area contributed by atoms with Gasteiger partial charge in [0.15, 0.2) is 0 Å². The maximum atomic E-state index is 4.77. The van der Waals surface area contributed by atoms with Crippen molar-refractivity contribution in [2.24, 2.45) is 4.99 Å². The predicted molar refractivity (Wildman–Crippen MR) is 207 cm³/mol. The summed E-state index contributed by atoms with van der Waals surface area (Å²) < 4.78 is 0. The molecule has 2 aliphatic rings. The Morgan fingerprint density at radius 3 is 2.40 bits per heavy atom. The highest BCUT2D eigenvalue weighted by atomic mass is 15.1. The molecule has 0 aliphatic heterocycles. The van der Waals surface area contributed by atoms with Crippen LogP contribution in [0.15, 0.2) is 191 Å². The van der Waals surface area contributed by atoms with Crippen molar-refractivity contribution in [2.75, 3.05) is 18.5 Å². The lowest BCUT2D eigenvalue weighted by atomic mass is 9.88. The molecule has 240 valence electrons. The first kappa shape index (κ1) is 34.7. The highest BCUT2D eigenvalue weighted by molar-refractivity contribution is 5.81. The van der Waals surface area contributed by atoms with Crippen LogP contribution in [0.25, 0.3) is 0 Å². The van der Waals surface area contributed by atoms with Crippen molar-refractivity contribution in [1.29, 1.82) is 0 Å². The summed E-state index contributed by atoms with van der Waals surface area (Å²) in [5, 5.41) is 0. The second-order valence-electron chi connectivity index (χ2n) is 11.8. The quantitative estimate of drug-likeness (QED) is 0.119. The number of aliphatic imine (C=N–C) groups is 1. The van der Waals surface area contributed by atoms with E-state index in [0.29, 0.717) is 0 Å². The molecule has 2 aliphatic carbocycles. The minimum atomic E-state index is 0.719. The van der Waals surface area contributed by atoms with E-state index in [1.165, 1.54) is 16.8 Å². The molecule has 0 N–H and O–H groups in total. The summed E-state index contributed by atoms with van der Waals surface area (Å²) >= 11 is 0. The first-order chi connectivity index (χ1) is 22.8. The highest BCUT2D eigenvalue weighted by Crippen LogP contribution is 2.35. The fourth-order valence-corrected chi connectivity index (χ4v) is 5.90. The molecule has 0 saturated heterocycles. The average Bonchev–Trinajstić information content (AvgIpc) is 3.10. The normalized spacial score (nSPS) is 15.7. The van der Waals surface area contributed by atoms with Crippen LogP contribution in [-0.2, 0) is 0 Å². The van der Waals surface area contributed by atoms with Crippen molar-refractivity contribution < 1.29 is 0 Å². The lowest BCUT2D eigenvalue weighted by Crippen LogP contribution is -2.25. The van der Waals surface area contributed by atoms with Crippen LogP contribution in [0, 0.1) is 0 Å². The number of allylic oxidation sites excluding steroid dienone is 16. The van der Waals surface area contributed by atoms with Crippen LogP contribution in [0.5, 0.6) is 0 Å². The number of nitrogens with zero attached hydrogens (tertiary/aromatic N) is 3. The lowest BCUT2D eigenvalue weighted by Gasteiger charge is -2.33. The van der Waals surface area contributed by atoms with E-state index in [1.807, 2.05) is 67.8 Å². The largest absolute Gasteiger partial charge is 0.343 e. The van der Waals surface area contributed by atoms with E-state index >= 15 is 0 Å². The van der Waals surface area contributed by atoms with Crippen molar-refractivity contribution in [3.63, 3.8) is 0 Å². The minimum Gasteiger partial charge on any atom is -0.343 e. The topological polar surface area (TPSA) is 18.8 Å². The van der Waals surface area contributed by atoms with Gasteiger partial charge in [-0.1, -0.05) is 98.2 Å². The summed E-state index contributed by atoms with van der Waals surface area (Å²) in [5.41, 5.74) is 12.4. The summed E-state index contributed by atoms with van der Waals surface area (Å²) in [6, 6.07) is 18.5. The Balaban J connectivity index is 1.55. The average molecular weight is 620 g/mol. The number of para-hydroxylation sites is 3. The Kier molecular flexibility index (Phi) is 12.9. The Bertz CT molecular complexity index is 1730. The Labute approximate surface area is 283 Å². The van der Waals surface area contributed by atoms with E-state index in [1.54, 1.807) is 0 Å². The molecular formula is C44H49N3. The summed E-state index contributed by atoms with van der Waals surface area (Å²) in [7, 11) is 2.07. The Morgan fingerprint density at radius 1 is 0.936 bits per heavy atom. The monoisotopic (exact) mass is 619 g/mol. The fourth-order valence-electron chi connectivity index (χ4n) is 5.90. The SMILES string of the molecule is C=CCN(C(=C)C1=C(C(=C)/C=C(C)/C(/C=C\C)=C/C=C/C=N/c2ccccc2N(C)c2ccccc2)C=CCC1)C1=C(C)CCC=C1. The second-order valence-corrected chi connectivity index (χ2v) is 11.8. The fraction of sp³-hybridized carbons (Fsp3) is 0.205. The third-order valence-corrected chi connectivity index (χ3v) is 8.46. The van der Waals surface area contributed by atoms with Gasteiger partial charge in [-0.25, -0.2) is 0 Å². The van der Waals surface area contributed by atoms with Crippen LogP contribution in [0.2, 0.25) is 0 Å². The predicted octanol–water partition coefficient (Wildman–Crippen LogP) is 12.0. The van der Waals surface area contributed by atoms with Crippen molar-refractivity contribution >= 4 is 23.3 Å². The molecule has 3 nitrogen and oxygen atoms in total. The molecule has 0 spiro atoms. The maximum absolute atomic E-state index is 4.77. The lowest BCUT2D eigenvalue weighted by molar-refractivity contribution is 0.481. The van der Waals surface area contributed by atoms with Gasteiger partial charge in [0.05, 0.1) is 11.4 Å². The van der Waals surface area contributed by atoms with Gasteiger partial charge >= 0.3 is 0 Å². The molecule has 2 aromatic carbocycles. The molecule has 0 fully saturated rings. The molecule has 2 aromatic rings. The van der Waals surface area contributed by atoms with Gasteiger partial charge in [-0.15, -0.1) is 6.58 Å². The van der Waals surface area contributed by atoms with Gasteiger partial charge in [-0.05, 0) is 116 Å². The maximum Gasteiger partial charge on any atom is 0.0866 e. The molecule has 0 heterocycles. The highest BCUT2D eigenvalue weighted by Gasteiger charge is 2.21. The first-order valence-corrected chi connectivity index (χ1v) is 16.5. The second kappa shape index (κ2) is 17.5. The zero-order valence-electron chi connectivity index (χ0n) is 28.6. The zero-order chi connectivity index (χ0) is 33.6. The Morgan fingerprint density at radius 2 is 1.66 bits per heavy atom. The molecule has 0 bridgehead atoms. The van der Waals surface area contributed by atoms with Gasteiger partial charge in [0.1, 0.15) is 0 Å². The number of benzene rings is 2. The van der Waals surface area contributed by atoms with Crippen LogP contribution in [0.4, 0.5) is 17.1 Å². The standard InChI is InChI=1S/C44H49N3/c1-8-21-38(23-19-20-31-45-42-28-16-18-30-44(42)46(7)39-24-11-10-12-25-39)35(4)33-36(5)40-26-14-15-27-41(40)37(6)47(32-9-2)43-29-17-13-22-34(43)3/h8-12,14,16-21,23-26,28-31,33H,2,5-6,13,15,22,27,32H2,1,3-4,7H3/b20-19+,21-8-,35-33+,38-23+,45-31+. The number of hydrogen-bond donors (Lipinski definition) is 0. The van der Waals surface area contributed by atoms with E-state index < -0.39 is 0 Å². The summed E-state index contributed by atoms with van der Waals surface area (Å²) in [6.45, 7) is 20.3. The van der Waals surface area contributed by atoms with Gasteiger partial charge in [0.2, 0.25) is 0 Å². The van der Waals surface area contributed by atoms with Crippen LogP contribution in [0.3, 0.4) is 0 Å². The van der Waals surface area contributed by atoms with Gasteiger partial charge in [0.25, 0.3) is 0 Å². The molecule has 0 unspecified atom stereocenters. The molecule has 47 heavy (non-hydrogen) atoms. The van der Waals surface area contributed by atoms with Crippen LogP contribution in [-0.4, -0.2) is 24.7 Å². The van der Waals surface area contributed by atoms with Gasteiger partial charge in [-0.3, -0.25) is 4.99 Å². The Hall–Kier alpha value is -5.15. The zero-order valence-corrected chi connectivity index (χ0v) is 28.6. The van der Waals surface area contributed by atoms with E-state index in [2.05, 4.69) is 117 Å². The smallest absolute Gasteiger partial charge is 0.0866 e. The number of hydrogen-bond acceptors (Lipinski definition) is 3. The van der Waals surface area contributed by atoms with E-state index in [-0.39, 0.29) is 0 Å². The number of rotatable bonds is 14. The number of anilines is 2. The molecular weight excluding hydrogens is 571 g/mol. The third-order valence-electron chi connectivity index (χ3n) is 8.46. The minimum absolute atomic E-state index is 0.719. The van der Waals surface area contributed by atoms with Crippen molar-refractivity contribution in [3.05, 3.63) is 186 Å². The first-order valence-electron chi connectivity index (χ1n) is 16.5. The molecule has 0 aromatic heterocycles. The van der Waals surface area contributed by atoms with Crippen LogP contribution >= 0.6 is 0 Å². The molecule has 4 rings (SSSR count). The molecule has 0 saturated carbocycles. The van der Waals surface area contributed by atoms with Crippen LogP contribution < -0.4 is 4.90 Å². The van der Waals surface area contributed by atoms with Crippen molar-refractivity contribution in [1.82, 2.24) is 4.90 Å². The van der Waals surface area contributed by atoms with Crippen molar-refractivity contribution in [2.45, 2.75) is 46.5 Å². The molecule has 0 radical (unpaired) electrons. The van der Waals surface area contributed by atoms with Gasteiger partial charge in [0, 0.05) is 36.9 Å².